The third-order valence-electron chi connectivity index (χ3n) is 3.49. The number of alkyl halides is 3. The SMILES string of the molecule is Cc1cc(C(F)(F)F)nn1C(C)C(=O)NCC1CCCO1. The van der Waals surface area contributed by atoms with E-state index in [0.29, 0.717) is 18.8 Å². The van der Waals surface area contributed by atoms with Gasteiger partial charge in [0.05, 0.1) is 6.10 Å². The second-order valence-electron chi connectivity index (χ2n) is 5.17. The van der Waals surface area contributed by atoms with Crippen molar-refractivity contribution in [3.05, 3.63) is 17.5 Å². The highest BCUT2D eigenvalue weighted by Gasteiger charge is 2.35. The minimum atomic E-state index is -4.51. The number of halogens is 3. The third kappa shape index (κ3) is 3.75. The first-order valence-electron chi connectivity index (χ1n) is 6.81. The third-order valence-corrected chi connectivity index (χ3v) is 3.49. The minimum absolute atomic E-state index is 0.00870. The van der Waals surface area contributed by atoms with Gasteiger partial charge in [-0.1, -0.05) is 0 Å². The normalized spacial score (nSPS) is 20.5. The van der Waals surface area contributed by atoms with Gasteiger partial charge in [-0.15, -0.1) is 0 Å². The van der Waals surface area contributed by atoms with Crippen LogP contribution in [0.1, 0.15) is 37.2 Å². The molecule has 0 bridgehead atoms. The van der Waals surface area contributed by atoms with Crippen LogP contribution in [0.5, 0.6) is 0 Å². The minimum Gasteiger partial charge on any atom is -0.376 e. The maximum atomic E-state index is 12.6. The van der Waals surface area contributed by atoms with E-state index in [2.05, 4.69) is 10.4 Å². The number of carbonyl (C=O) groups excluding carboxylic acids is 1. The summed E-state index contributed by atoms with van der Waals surface area (Å²) < 4.78 is 44.3. The summed E-state index contributed by atoms with van der Waals surface area (Å²) >= 11 is 0. The molecule has 8 heteroatoms. The van der Waals surface area contributed by atoms with Crippen molar-refractivity contribution in [3.63, 3.8) is 0 Å². The lowest BCUT2D eigenvalue weighted by atomic mass is 10.2. The quantitative estimate of drug-likeness (QED) is 0.926. The summed E-state index contributed by atoms with van der Waals surface area (Å²) in [6.45, 7) is 4.07. The molecule has 5 nitrogen and oxygen atoms in total. The topological polar surface area (TPSA) is 56.2 Å². The lowest BCUT2D eigenvalue weighted by molar-refractivity contribution is -0.142. The van der Waals surface area contributed by atoms with Gasteiger partial charge in [-0.2, -0.15) is 18.3 Å². The van der Waals surface area contributed by atoms with Gasteiger partial charge in [-0.3, -0.25) is 9.48 Å². The number of rotatable bonds is 4. The maximum Gasteiger partial charge on any atom is 0.435 e. The Hall–Kier alpha value is -1.57. The molecule has 2 heterocycles. The fourth-order valence-corrected chi connectivity index (χ4v) is 2.30. The van der Waals surface area contributed by atoms with E-state index in [4.69, 9.17) is 4.74 Å². The van der Waals surface area contributed by atoms with E-state index in [1.807, 2.05) is 0 Å². The van der Waals surface area contributed by atoms with Crippen molar-refractivity contribution in [2.45, 2.75) is 45.0 Å². The highest BCUT2D eigenvalue weighted by Crippen LogP contribution is 2.29. The van der Waals surface area contributed by atoms with Crippen molar-refractivity contribution in [2.24, 2.45) is 0 Å². The van der Waals surface area contributed by atoms with Crippen LogP contribution >= 0.6 is 0 Å². The summed E-state index contributed by atoms with van der Waals surface area (Å²) in [6, 6.07) is 0.131. The van der Waals surface area contributed by atoms with Crippen LogP contribution in [0.25, 0.3) is 0 Å². The molecule has 0 spiro atoms. The fraction of sp³-hybridized carbons (Fsp3) is 0.692. The van der Waals surface area contributed by atoms with E-state index >= 15 is 0 Å². The zero-order valence-corrected chi connectivity index (χ0v) is 11.9. The van der Waals surface area contributed by atoms with Gasteiger partial charge in [0.15, 0.2) is 5.69 Å². The van der Waals surface area contributed by atoms with Crippen LogP contribution in [0.15, 0.2) is 6.07 Å². The van der Waals surface area contributed by atoms with Gasteiger partial charge >= 0.3 is 6.18 Å². The first kappa shape index (κ1) is 15.8. The second-order valence-corrected chi connectivity index (χ2v) is 5.17. The van der Waals surface area contributed by atoms with E-state index in [9.17, 15) is 18.0 Å². The summed E-state index contributed by atoms with van der Waals surface area (Å²) in [5.74, 6) is -0.370. The predicted octanol–water partition coefficient (Wildman–Crippen LogP) is 2.07. The number of amides is 1. The molecule has 1 aromatic heterocycles. The molecule has 1 aliphatic heterocycles. The van der Waals surface area contributed by atoms with Gasteiger partial charge in [-0.05, 0) is 32.8 Å². The van der Waals surface area contributed by atoms with Crippen LogP contribution < -0.4 is 5.32 Å². The molecule has 0 radical (unpaired) electrons. The van der Waals surface area contributed by atoms with Crippen molar-refractivity contribution in [2.75, 3.05) is 13.2 Å². The van der Waals surface area contributed by atoms with Crippen LogP contribution in [0.3, 0.4) is 0 Å². The molecule has 1 amide bonds. The molecule has 0 saturated carbocycles. The molecule has 2 unspecified atom stereocenters. The fourth-order valence-electron chi connectivity index (χ4n) is 2.30. The van der Waals surface area contributed by atoms with Crippen molar-refractivity contribution >= 4 is 5.91 Å². The highest BCUT2D eigenvalue weighted by molar-refractivity contribution is 5.79. The Balaban J connectivity index is 1.99. The number of nitrogens with zero attached hydrogens (tertiary/aromatic N) is 2. The highest BCUT2D eigenvalue weighted by atomic mass is 19.4. The van der Waals surface area contributed by atoms with E-state index in [1.165, 1.54) is 13.8 Å². The Morgan fingerprint density at radius 3 is 2.86 bits per heavy atom. The molecule has 1 saturated heterocycles. The first-order chi connectivity index (χ1) is 9.79. The van der Waals surface area contributed by atoms with Crippen molar-refractivity contribution in [1.29, 1.82) is 0 Å². The van der Waals surface area contributed by atoms with Crippen LogP contribution in [0.4, 0.5) is 13.2 Å². The Morgan fingerprint density at radius 2 is 2.33 bits per heavy atom. The van der Waals surface area contributed by atoms with Gasteiger partial charge in [0, 0.05) is 18.8 Å². The molecular weight excluding hydrogens is 287 g/mol. The van der Waals surface area contributed by atoms with Gasteiger partial charge in [-0.25, -0.2) is 0 Å². The monoisotopic (exact) mass is 305 g/mol. The Morgan fingerprint density at radius 1 is 1.62 bits per heavy atom. The molecular formula is C13H18F3N3O2. The summed E-state index contributed by atoms with van der Waals surface area (Å²) in [4.78, 5) is 12.0. The lowest BCUT2D eigenvalue weighted by Crippen LogP contribution is -2.36. The number of carbonyl (C=O) groups is 1. The average Bonchev–Trinajstić information content (AvgIpc) is 3.03. The molecule has 0 aliphatic carbocycles. The van der Waals surface area contributed by atoms with Crippen LogP contribution in [0, 0.1) is 6.92 Å². The van der Waals surface area contributed by atoms with Gasteiger partial charge < -0.3 is 10.1 Å². The van der Waals surface area contributed by atoms with E-state index in [-0.39, 0.29) is 12.0 Å². The van der Waals surface area contributed by atoms with Crippen molar-refractivity contribution < 1.29 is 22.7 Å². The van der Waals surface area contributed by atoms with E-state index in [1.54, 1.807) is 0 Å². The molecule has 0 aromatic carbocycles. The number of hydrogen-bond donors (Lipinski definition) is 1. The Kier molecular flexibility index (Phi) is 4.55. The molecule has 1 N–H and O–H groups in total. The molecule has 1 aliphatic rings. The average molecular weight is 305 g/mol. The second kappa shape index (κ2) is 6.05. The summed E-state index contributed by atoms with van der Waals surface area (Å²) in [5.41, 5.74) is -0.694. The van der Waals surface area contributed by atoms with Crippen LogP contribution in [-0.4, -0.2) is 34.9 Å². The smallest absolute Gasteiger partial charge is 0.376 e. The summed E-state index contributed by atoms with van der Waals surface area (Å²) in [7, 11) is 0. The number of aromatic nitrogens is 2. The molecule has 118 valence electrons. The molecule has 1 fully saturated rings. The number of ether oxygens (including phenoxy) is 1. The lowest BCUT2D eigenvalue weighted by Gasteiger charge is -2.16. The van der Waals surface area contributed by atoms with Gasteiger partial charge in [0.1, 0.15) is 6.04 Å². The van der Waals surface area contributed by atoms with Gasteiger partial charge in [0.2, 0.25) is 5.91 Å². The molecule has 2 atom stereocenters. The molecule has 1 aromatic rings. The number of hydrogen-bond acceptors (Lipinski definition) is 3. The standard InChI is InChI=1S/C13H18F3N3O2/c1-8-6-11(13(14,15)16)18-19(8)9(2)12(20)17-7-10-4-3-5-21-10/h6,9-10H,3-5,7H2,1-2H3,(H,17,20). The number of nitrogens with one attached hydrogen (secondary N) is 1. The Bertz CT molecular complexity index is 507. The zero-order chi connectivity index (χ0) is 15.6. The summed E-state index contributed by atoms with van der Waals surface area (Å²) in [5, 5.41) is 6.17. The van der Waals surface area contributed by atoms with Crippen molar-refractivity contribution in [3.8, 4) is 0 Å². The van der Waals surface area contributed by atoms with Gasteiger partial charge in [0.25, 0.3) is 0 Å². The summed E-state index contributed by atoms with van der Waals surface area (Å²) in [6.07, 6.45) is -2.67. The van der Waals surface area contributed by atoms with Crippen LogP contribution in [0.2, 0.25) is 0 Å². The van der Waals surface area contributed by atoms with E-state index < -0.39 is 17.9 Å². The Labute approximate surface area is 120 Å². The van der Waals surface area contributed by atoms with E-state index in [0.717, 1.165) is 23.6 Å². The van der Waals surface area contributed by atoms with Crippen LogP contribution in [-0.2, 0) is 15.7 Å². The maximum absolute atomic E-state index is 12.6. The number of aryl methyl sites for hydroxylation is 1. The molecule has 2 rings (SSSR count). The predicted molar refractivity (Wildman–Crippen MR) is 68.7 cm³/mol. The molecule has 21 heavy (non-hydrogen) atoms. The largest absolute Gasteiger partial charge is 0.435 e. The first-order valence-corrected chi connectivity index (χ1v) is 6.81. The zero-order valence-electron chi connectivity index (χ0n) is 11.9. The van der Waals surface area contributed by atoms with Crippen molar-refractivity contribution in [1.82, 2.24) is 15.1 Å².